The molecule has 1 saturated heterocycles. The van der Waals surface area contributed by atoms with Crippen LogP contribution in [0.2, 0.25) is 0 Å². The molecule has 1 fully saturated rings. The monoisotopic (exact) mass is 403 g/mol. The van der Waals surface area contributed by atoms with Crippen LogP contribution in [0.4, 0.5) is 9.18 Å². The van der Waals surface area contributed by atoms with Gasteiger partial charge in [-0.25, -0.2) is 14.1 Å². The van der Waals surface area contributed by atoms with Crippen LogP contribution >= 0.6 is 11.3 Å². The third kappa shape index (κ3) is 3.94. The molecule has 1 N–H and O–H groups in total. The molecule has 0 saturated carbocycles. The van der Waals surface area contributed by atoms with Gasteiger partial charge in [-0.15, -0.1) is 11.3 Å². The zero-order chi connectivity index (χ0) is 20.3. The van der Waals surface area contributed by atoms with E-state index in [-0.39, 0.29) is 6.54 Å². The molecule has 0 spiro atoms. The van der Waals surface area contributed by atoms with Crippen molar-refractivity contribution in [2.45, 2.75) is 19.4 Å². The maximum atomic E-state index is 13.2. The maximum Gasteiger partial charge on any atom is 0.334 e. The van der Waals surface area contributed by atoms with Crippen molar-refractivity contribution in [3.05, 3.63) is 58.0 Å². The van der Waals surface area contributed by atoms with Crippen molar-refractivity contribution in [3.8, 4) is 0 Å². The Balaban J connectivity index is 1.76. The summed E-state index contributed by atoms with van der Waals surface area (Å²) in [4.78, 5) is 51.1. The largest absolute Gasteiger partial charge is 0.343 e. The van der Waals surface area contributed by atoms with Gasteiger partial charge in [-0.3, -0.25) is 19.3 Å². The number of benzene rings is 1. The van der Waals surface area contributed by atoms with Gasteiger partial charge >= 0.3 is 17.8 Å². The van der Waals surface area contributed by atoms with E-state index in [1.165, 1.54) is 23.5 Å². The van der Waals surface area contributed by atoms with Gasteiger partial charge in [-0.05, 0) is 35.6 Å². The minimum atomic E-state index is -1.01. The van der Waals surface area contributed by atoms with Crippen molar-refractivity contribution >= 4 is 35.1 Å². The minimum Gasteiger partial charge on any atom is -0.343 e. The molecular weight excluding hydrogens is 385 g/mol. The molecule has 5 amide bonds. The molecule has 0 radical (unpaired) electrons. The molecule has 146 valence electrons. The molecule has 0 bridgehead atoms. The van der Waals surface area contributed by atoms with Gasteiger partial charge in [0.2, 0.25) is 5.91 Å². The summed E-state index contributed by atoms with van der Waals surface area (Å²) >= 11 is 1.40. The highest BCUT2D eigenvalue weighted by Gasteiger charge is 2.44. The van der Waals surface area contributed by atoms with Crippen molar-refractivity contribution < 1.29 is 23.6 Å². The van der Waals surface area contributed by atoms with Crippen LogP contribution in [0, 0.1) is 5.82 Å². The molecule has 1 atom stereocenters. The van der Waals surface area contributed by atoms with Crippen LogP contribution in [-0.2, 0) is 14.4 Å². The first kappa shape index (κ1) is 19.7. The molecule has 1 aliphatic rings. The second kappa shape index (κ2) is 8.30. The summed E-state index contributed by atoms with van der Waals surface area (Å²) in [6.45, 7) is 1.33. The third-order valence-electron chi connectivity index (χ3n) is 4.22. The summed E-state index contributed by atoms with van der Waals surface area (Å²) in [6, 6.07) is 7.96. The fraction of sp³-hybridized carbons (Fsp3) is 0.263. The summed E-state index contributed by atoms with van der Waals surface area (Å²) in [5.41, 5.74) is 0.653. The van der Waals surface area contributed by atoms with Crippen LogP contribution in [-0.4, -0.2) is 46.6 Å². The number of halogens is 1. The van der Waals surface area contributed by atoms with E-state index in [1.807, 2.05) is 17.5 Å². The highest BCUT2D eigenvalue weighted by Crippen LogP contribution is 2.26. The van der Waals surface area contributed by atoms with Gasteiger partial charge in [0.1, 0.15) is 12.4 Å². The van der Waals surface area contributed by atoms with Crippen LogP contribution in [0.3, 0.4) is 0 Å². The summed E-state index contributed by atoms with van der Waals surface area (Å²) < 4.78 is 13.2. The molecule has 0 aliphatic carbocycles. The molecule has 1 aromatic heterocycles. The van der Waals surface area contributed by atoms with Crippen LogP contribution < -0.4 is 5.32 Å². The van der Waals surface area contributed by atoms with E-state index in [9.17, 15) is 23.6 Å². The number of hydrogen-bond acceptors (Lipinski definition) is 5. The third-order valence-corrected chi connectivity index (χ3v) is 5.16. The second-order valence-corrected chi connectivity index (χ2v) is 7.18. The summed E-state index contributed by atoms with van der Waals surface area (Å²) in [6.07, 6.45) is 0.510. The van der Waals surface area contributed by atoms with Crippen LogP contribution in [0.25, 0.3) is 0 Å². The number of thiophene rings is 1. The lowest BCUT2D eigenvalue weighted by atomic mass is 10.1. The minimum absolute atomic E-state index is 0.120. The second-order valence-electron chi connectivity index (χ2n) is 6.20. The number of carbonyl (C=O) groups is 4. The van der Waals surface area contributed by atoms with E-state index >= 15 is 0 Å². The first-order valence-corrected chi connectivity index (χ1v) is 9.56. The van der Waals surface area contributed by atoms with Gasteiger partial charge in [0.15, 0.2) is 0 Å². The quantitative estimate of drug-likeness (QED) is 0.568. The molecule has 2 aromatic rings. The topological polar surface area (TPSA) is 86.8 Å². The Kier molecular flexibility index (Phi) is 5.84. The first-order chi connectivity index (χ1) is 13.4. The number of rotatable bonds is 7. The predicted molar refractivity (Wildman–Crippen MR) is 99.8 cm³/mol. The van der Waals surface area contributed by atoms with E-state index in [4.69, 9.17) is 0 Å². The van der Waals surface area contributed by atoms with Gasteiger partial charge in [-0.2, -0.15) is 0 Å². The molecule has 2 heterocycles. The van der Waals surface area contributed by atoms with Crippen LogP contribution in [0.1, 0.15) is 29.8 Å². The fourth-order valence-electron chi connectivity index (χ4n) is 2.89. The Hall–Kier alpha value is -3.07. The predicted octanol–water partition coefficient (Wildman–Crippen LogP) is 2.29. The van der Waals surface area contributed by atoms with E-state index < -0.39 is 42.2 Å². The number of imide groups is 2. The fourth-order valence-corrected chi connectivity index (χ4v) is 3.69. The molecule has 7 nitrogen and oxygen atoms in total. The number of nitrogens with one attached hydrogen (secondary N) is 1. The van der Waals surface area contributed by atoms with E-state index in [0.717, 1.165) is 9.78 Å². The Labute approximate surface area is 164 Å². The lowest BCUT2D eigenvalue weighted by Crippen LogP contribution is -2.42. The van der Waals surface area contributed by atoms with Crippen molar-refractivity contribution in [2.75, 3.05) is 13.1 Å². The lowest BCUT2D eigenvalue weighted by molar-refractivity contribution is -0.144. The summed E-state index contributed by atoms with van der Waals surface area (Å²) in [7, 11) is 0. The van der Waals surface area contributed by atoms with Crippen LogP contribution in [0.15, 0.2) is 41.8 Å². The lowest BCUT2D eigenvalue weighted by Gasteiger charge is -2.20. The zero-order valence-electron chi connectivity index (χ0n) is 15.1. The number of carbonyl (C=O) groups excluding carboxylic acids is 4. The van der Waals surface area contributed by atoms with E-state index in [1.54, 1.807) is 19.1 Å². The normalized spacial score (nSPS) is 15.3. The number of urea groups is 1. The van der Waals surface area contributed by atoms with E-state index in [2.05, 4.69) is 5.32 Å². The number of hydrogen-bond donors (Lipinski definition) is 1. The van der Waals surface area contributed by atoms with Crippen molar-refractivity contribution in [1.29, 1.82) is 0 Å². The summed E-state index contributed by atoms with van der Waals surface area (Å²) in [5, 5.41) is 4.60. The average Bonchev–Trinajstić information content (AvgIpc) is 3.27. The summed E-state index contributed by atoms with van der Waals surface area (Å²) in [5.74, 6) is -2.94. The van der Waals surface area contributed by atoms with Gasteiger partial charge in [-0.1, -0.05) is 25.1 Å². The zero-order valence-corrected chi connectivity index (χ0v) is 15.9. The molecular formula is C19H18FN3O4S. The number of amides is 5. The van der Waals surface area contributed by atoms with Crippen molar-refractivity contribution in [3.63, 3.8) is 0 Å². The Bertz CT molecular complexity index is 898. The molecule has 28 heavy (non-hydrogen) atoms. The smallest absolute Gasteiger partial charge is 0.334 e. The number of nitrogens with zero attached hydrogens (tertiary/aromatic N) is 2. The highest BCUT2D eigenvalue weighted by molar-refractivity contribution is 7.10. The first-order valence-electron chi connectivity index (χ1n) is 8.68. The van der Waals surface area contributed by atoms with Crippen molar-refractivity contribution in [2.24, 2.45) is 0 Å². The van der Waals surface area contributed by atoms with Crippen molar-refractivity contribution in [1.82, 2.24) is 15.1 Å². The van der Waals surface area contributed by atoms with Crippen LogP contribution in [0.5, 0.6) is 0 Å². The SMILES string of the molecule is CCCN1C(=O)C(=O)N(CC(=O)N[C@H](c2ccc(F)cc2)c2cccs2)C1=O. The molecule has 1 aliphatic heterocycles. The maximum absolute atomic E-state index is 13.2. The van der Waals surface area contributed by atoms with Gasteiger partial charge < -0.3 is 5.32 Å². The standard InChI is InChI=1S/C19H18FN3O4S/c1-2-9-22-17(25)18(26)23(19(22)27)11-15(24)21-16(14-4-3-10-28-14)12-5-7-13(20)8-6-12/h3-8,10,16H,2,9,11H2,1H3,(H,21,24)/t16-/m1/s1. The molecule has 1 aromatic carbocycles. The Morgan fingerprint density at radius 1 is 1.11 bits per heavy atom. The Morgan fingerprint density at radius 2 is 1.79 bits per heavy atom. The van der Waals surface area contributed by atoms with Gasteiger partial charge in [0.05, 0.1) is 6.04 Å². The average molecular weight is 403 g/mol. The van der Waals surface area contributed by atoms with Gasteiger partial charge in [0.25, 0.3) is 0 Å². The van der Waals surface area contributed by atoms with E-state index in [0.29, 0.717) is 16.9 Å². The van der Waals surface area contributed by atoms with Gasteiger partial charge in [0, 0.05) is 11.4 Å². The molecule has 0 unspecified atom stereocenters. The highest BCUT2D eigenvalue weighted by atomic mass is 32.1. The molecule has 3 rings (SSSR count). The Morgan fingerprint density at radius 3 is 2.39 bits per heavy atom. The molecule has 9 heteroatoms.